The molecule has 0 heterocycles. The van der Waals surface area contributed by atoms with E-state index in [4.69, 9.17) is 0 Å². The zero-order chi connectivity index (χ0) is 2.00. The molecule has 4 heteroatoms. The summed E-state index contributed by atoms with van der Waals surface area (Å²) in [5, 5.41) is 0. The van der Waals surface area contributed by atoms with Crippen LogP contribution in [0.5, 0.6) is 0 Å². The number of hydrogen-bond acceptors (Lipinski definition) is 0. The molecule has 0 spiro atoms. The van der Waals surface area contributed by atoms with Gasteiger partial charge in [-0.15, -0.1) is 0 Å². The Morgan fingerprint density at radius 2 is 1.20 bits per heavy atom. The van der Waals surface area contributed by atoms with Gasteiger partial charge >= 0.3 is 0 Å². The van der Waals surface area contributed by atoms with E-state index >= 15 is 0 Å². The second kappa shape index (κ2) is 134. The Kier molecular flexibility index (Phi) is 1180. The first-order chi connectivity index (χ1) is 1.00. The van der Waals surface area contributed by atoms with Crippen LogP contribution in [0.3, 0.4) is 0 Å². The first-order valence-electron chi connectivity index (χ1n) is 0.707. The molecule has 38 valence electrons. The van der Waals surface area contributed by atoms with Crippen LogP contribution in [0, 0.1) is 0 Å². The van der Waals surface area contributed by atoms with Crippen LogP contribution in [0.25, 0.3) is 0 Å². The van der Waals surface area contributed by atoms with E-state index in [2.05, 4.69) is 5.73 Å². The van der Waals surface area contributed by atoms with Crippen molar-refractivity contribution in [3.63, 3.8) is 0 Å². The normalized spacial score (nSPS) is 1.20. The van der Waals surface area contributed by atoms with Gasteiger partial charge in [-0.3, -0.25) is 0 Å². The van der Waals surface area contributed by atoms with Gasteiger partial charge in [-0.25, -0.2) is 0 Å². The predicted molar refractivity (Wildman–Crippen MR) is 14.8 cm³/mol. The van der Waals surface area contributed by atoms with Crippen LogP contribution in [0.2, 0.25) is 0 Å². The Morgan fingerprint density at radius 3 is 1.20 bits per heavy atom. The molecule has 0 saturated heterocycles. The summed E-state index contributed by atoms with van der Waals surface area (Å²) in [5.74, 6) is 0. The van der Waals surface area contributed by atoms with E-state index in [9.17, 15) is 0 Å². The van der Waals surface area contributed by atoms with Gasteiger partial charge in [-0.2, -0.15) is 0 Å². The van der Waals surface area contributed by atoms with Gasteiger partial charge in [0.2, 0.25) is 0 Å². The lowest BCUT2D eigenvalue weighted by molar-refractivity contribution is -0.325. The molecule has 0 aliphatic rings. The monoisotopic (exact) mass is 164 g/mol. The van der Waals surface area contributed by atoms with E-state index in [1.807, 2.05) is 0 Å². The fourth-order valence-corrected chi connectivity index (χ4v) is 0. The van der Waals surface area contributed by atoms with Crippen LogP contribution >= 0.6 is 0 Å². The summed E-state index contributed by atoms with van der Waals surface area (Å²) in [4.78, 5) is 0. The van der Waals surface area contributed by atoms with Crippen LogP contribution in [-0.2, 0) is 0 Å². The fraction of sp³-hybridized carbons (Fsp3) is 1.00. The molecular formula is CH10BrClN2. The summed E-state index contributed by atoms with van der Waals surface area (Å²) in [5.41, 5.74) is 3.25. The zero-order valence-electron chi connectivity index (χ0n) is 3.46. The van der Waals surface area contributed by atoms with Crippen molar-refractivity contribution in [2.24, 2.45) is 0 Å². The van der Waals surface area contributed by atoms with Crippen molar-refractivity contribution < 1.29 is 35.1 Å². The highest BCUT2D eigenvalue weighted by Crippen LogP contribution is 0.251. The molecule has 0 bridgehead atoms. The maximum Gasteiger partial charge on any atom is 0.0634 e. The number of quaternary nitrogens is 2. The second-order valence-corrected chi connectivity index (χ2v) is 0. The number of halogens is 2. The molecule has 0 aromatic carbocycles. The lowest BCUT2D eigenvalue weighted by atomic mass is 11.6. The average molecular weight is 165 g/mol. The molecule has 0 atom stereocenters. The summed E-state index contributed by atoms with van der Waals surface area (Å²) in [6.07, 6.45) is 0. The summed E-state index contributed by atoms with van der Waals surface area (Å²) in [7, 11) is 1.75. The molecular weight excluding hydrogens is 155 g/mol. The van der Waals surface area contributed by atoms with Crippen LogP contribution in [0.15, 0.2) is 0 Å². The molecule has 0 aliphatic heterocycles. The molecule has 0 fully saturated rings. The highest BCUT2D eigenvalue weighted by Gasteiger charge is 0.874. The van der Waals surface area contributed by atoms with Crippen molar-refractivity contribution >= 4 is 0 Å². The van der Waals surface area contributed by atoms with Crippen molar-refractivity contribution in [1.82, 2.24) is 6.15 Å². The zero-order valence-corrected chi connectivity index (χ0v) is 5.80. The van der Waals surface area contributed by atoms with Gasteiger partial charge in [0.1, 0.15) is 0 Å². The van der Waals surface area contributed by atoms with Crippen LogP contribution in [0.1, 0.15) is 0 Å². The highest BCUT2D eigenvalue weighted by molar-refractivity contribution is 3.08. The summed E-state index contributed by atoms with van der Waals surface area (Å²) in [6.45, 7) is 0. The molecule has 0 radical (unpaired) electrons. The van der Waals surface area contributed by atoms with E-state index in [-0.39, 0.29) is 35.5 Å². The van der Waals surface area contributed by atoms with Gasteiger partial charge in [-0.1, -0.05) is 0 Å². The Labute approximate surface area is 48.9 Å². The summed E-state index contributed by atoms with van der Waals surface area (Å²) >= 11 is 0. The van der Waals surface area contributed by atoms with E-state index in [1.54, 1.807) is 7.05 Å². The van der Waals surface area contributed by atoms with Gasteiger partial charge in [0, 0.05) is 0 Å². The second-order valence-electron chi connectivity index (χ2n) is 0. The Hall–Kier alpha value is 0.690. The minimum atomic E-state index is 0. The third kappa shape index (κ3) is 71.3. The smallest absolute Gasteiger partial charge is 0.0634 e. The summed E-state index contributed by atoms with van der Waals surface area (Å²) < 4.78 is 0. The lowest BCUT2D eigenvalue weighted by Crippen LogP contribution is -3.00. The Morgan fingerprint density at radius 1 is 1.20 bits per heavy atom. The molecule has 0 aromatic heterocycles. The van der Waals surface area contributed by atoms with Gasteiger partial charge in [0.05, 0.1) is 7.05 Å². The SMILES string of the molecule is C[NH3+].[Br-].[Cl-].[NH4+]. The van der Waals surface area contributed by atoms with Crippen molar-refractivity contribution in [3.8, 4) is 0 Å². The largest absolute Gasteiger partial charge is 1.00 e. The third-order valence-electron chi connectivity index (χ3n) is 0. The number of hydrogen-bond donors (Lipinski definition) is 2. The molecule has 2 nitrogen and oxygen atoms in total. The number of rotatable bonds is 0. The fourth-order valence-electron chi connectivity index (χ4n) is 0. The van der Waals surface area contributed by atoms with Gasteiger partial charge in [0.25, 0.3) is 0 Å². The maximum absolute atomic E-state index is 3.25. The van der Waals surface area contributed by atoms with E-state index in [1.165, 1.54) is 0 Å². The third-order valence-corrected chi connectivity index (χ3v) is 0. The predicted octanol–water partition coefficient (Wildman–Crippen LogP) is -6.76. The van der Waals surface area contributed by atoms with Crippen LogP contribution < -0.4 is 41.3 Å². The van der Waals surface area contributed by atoms with E-state index in [0.29, 0.717) is 0 Å². The van der Waals surface area contributed by atoms with Crippen LogP contribution in [-0.4, -0.2) is 7.05 Å². The topological polar surface area (TPSA) is 64.1 Å². The molecule has 7 N–H and O–H groups in total. The minimum absolute atomic E-state index is 0. The lowest BCUT2D eigenvalue weighted by Gasteiger charge is -1.17. The van der Waals surface area contributed by atoms with Crippen molar-refractivity contribution in [1.29, 1.82) is 0 Å². The maximum atomic E-state index is 3.25. The van der Waals surface area contributed by atoms with Gasteiger partial charge in [0.15, 0.2) is 0 Å². The van der Waals surface area contributed by atoms with Crippen molar-refractivity contribution in [3.05, 3.63) is 0 Å². The molecule has 0 amide bonds. The Balaban J connectivity index is -0.00000000167. The molecule has 0 rings (SSSR count). The molecule has 0 unspecified atom stereocenters. The van der Waals surface area contributed by atoms with Gasteiger partial charge in [-0.05, 0) is 0 Å². The molecule has 0 aliphatic carbocycles. The van der Waals surface area contributed by atoms with Crippen LogP contribution in [0.4, 0.5) is 0 Å². The van der Waals surface area contributed by atoms with Gasteiger partial charge < -0.3 is 41.3 Å². The summed E-state index contributed by atoms with van der Waals surface area (Å²) in [6, 6.07) is 0. The molecule has 0 aromatic rings. The molecule has 5 heavy (non-hydrogen) atoms. The highest BCUT2D eigenvalue weighted by atomic mass is 79.9. The Bertz CT molecular complexity index is 9.61. The van der Waals surface area contributed by atoms with Crippen molar-refractivity contribution in [2.45, 2.75) is 0 Å². The minimum Gasteiger partial charge on any atom is -1.00 e. The van der Waals surface area contributed by atoms with Crippen molar-refractivity contribution in [2.75, 3.05) is 7.05 Å². The first kappa shape index (κ1) is 43.8. The van der Waals surface area contributed by atoms with E-state index in [0.717, 1.165) is 0 Å². The average Bonchev–Trinajstić information content (AvgIpc) is 1.00. The first-order valence-corrected chi connectivity index (χ1v) is 0.707. The standard InChI is InChI=1S/CH5N.BrH.ClH.H3N/c1-2;;;/h2H2,1H3;2*1H;1H3. The van der Waals surface area contributed by atoms with E-state index < -0.39 is 0 Å². The quantitative estimate of drug-likeness (QED) is 0.359. The molecule has 0 saturated carbocycles.